The minimum Gasteiger partial charge on any atom is -0.495 e. The van der Waals surface area contributed by atoms with Crippen molar-refractivity contribution in [2.45, 2.75) is 12.4 Å². The van der Waals surface area contributed by atoms with Gasteiger partial charge in [0, 0.05) is 11.1 Å². The summed E-state index contributed by atoms with van der Waals surface area (Å²) >= 11 is 5.57. The van der Waals surface area contributed by atoms with E-state index in [0.29, 0.717) is 17.3 Å². The molecule has 0 fully saturated rings. The van der Waals surface area contributed by atoms with Crippen molar-refractivity contribution in [3.63, 3.8) is 0 Å². The van der Waals surface area contributed by atoms with E-state index in [1.165, 1.54) is 0 Å². The standard InChI is InChI=1S/C10H10Br2O4S/c1-14-9-5-3-16-17(13)4-6(5)10(15-2)8(12)7(9)11/h3-4H2,1-2H3. The lowest BCUT2D eigenvalue weighted by atomic mass is 10.1. The van der Waals surface area contributed by atoms with Crippen molar-refractivity contribution >= 4 is 42.9 Å². The van der Waals surface area contributed by atoms with Gasteiger partial charge in [-0.2, -0.15) is 0 Å². The molecule has 7 heteroatoms. The van der Waals surface area contributed by atoms with Crippen LogP contribution >= 0.6 is 31.9 Å². The van der Waals surface area contributed by atoms with Crippen LogP contribution < -0.4 is 9.47 Å². The molecular formula is C10H10Br2O4S. The summed E-state index contributed by atoms with van der Waals surface area (Å²) in [7, 11) is 3.17. The van der Waals surface area contributed by atoms with E-state index in [9.17, 15) is 4.21 Å². The first-order chi connectivity index (χ1) is 8.10. The van der Waals surface area contributed by atoms with Crippen LogP contribution in [0.1, 0.15) is 11.1 Å². The molecule has 0 saturated carbocycles. The Hall–Kier alpha value is -0.110. The molecule has 1 aliphatic heterocycles. The third-order valence-electron chi connectivity index (χ3n) is 2.51. The van der Waals surface area contributed by atoms with Crippen molar-refractivity contribution < 1.29 is 17.9 Å². The van der Waals surface area contributed by atoms with Crippen LogP contribution in [0.25, 0.3) is 0 Å². The summed E-state index contributed by atoms with van der Waals surface area (Å²) in [5.41, 5.74) is 1.74. The first kappa shape index (κ1) is 13.3. The summed E-state index contributed by atoms with van der Waals surface area (Å²) in [6, 6.07) is 0. The van der Waals surface area contributed by atoms with Crippen molar-refractivity contribution in [1.29, 1.82) is 0 Å². The molecule has 0 N–H and O–H groups in total. The number of benzene rings is 1. The van der Waals surface area contributed by atoms with Crippen molar-refractivity contribution in [3.05, 3.63) is 20.1 Å². The Morgan fingerprint density at radius 1 is 1.12 bits per heavy atom. The first-order valence-corrected chi connectivity index (χ1v) is 7.55. The van der Waals surface area contributed by atoms with Crippen LogP contribution in [0.2, 0.25) is 0 Å². The molecular weight excluding hydrogens is 376 g/mol. The van der Waals surface area contributed by atoms with Gasteiger partial charge in [-0.25, -0.2) is 4.21 Å². The van der Waals surface area contributed by atoms with Crippen LogP contribution in [0.5, 0.6) is 11.5 Å². The fourth-order valence-electron chi connectivity index (χ4n) is 1.75. The number of hydrogen-bond acceptors (Lipinski definition) is 4. The second kappa shape index (κ2) is 5.26. The average Bonchev–Trinajstić information content (AvgIpc) is 2.32. The maximum Gasteiger partial charge on any atom is 0.160 e. The first-order valence-electron chi connectivity index (χ1n) is 4.72. The monoisotopic (exact) mass is 384 g/mol. The zero-order valence-electron chi connectivity index (χ0n) is 9.21. The molecule has 1 heterocycles. The largest absolute Gasteiger partial charge is 0.495 e. The van der Waals surface area contributed by atoms with Crippen LogP contribution in [0.4, 0.5) is 0 Å². The Morgan fingerprint density at radius 3 is 2.18 bits per heavy atom. The third-order valence-corrected chi connectivity index (χ3v) is 5.46. The van der Waals surface area contributed by atoms with Gasteiger partial charge in [0.15, 0.2) is 11.1 Å². The van der Waals surface area contributed by atoms with Gasteiger partial charge in [-0.3, -0.25) is 4.18 Å². The van der Waals surface area contributed by atoms with E-state index in [2.05, 4.69) is 31.9 Å². The molecule has 0 radical (unpaired) electrons. The van der Waals surface area contributed by atoms with Crippen molar-refractivity contribution in [2.24, 2.45) is 0 Å². The Morgan fingerprint density at radius 2 is 1.65 bits per heavy atom. The molecule has 2 rings (SSSR count). The highest BCUT2D eigenvalue weighted by Crippen LogP contribution is 2.47. The number of fused-ring (bicyclic) bond motifs is 1. The second-order valence-electron chi connectivity index (χ2n) is 3.36. The Balaban J connectivity index is 2.72. The Labute approximate surface area is 119 Å². The van der Waals surface area contributed by atoms with Gasteiger partial charge < -0.3 is 9.47 Å². The second-order valence-corrected chi connectivity index (χ2v) is 6.08. The highest BCUT2D eigenvalue weighted by Gasteiger charge is 2.28. The van der Waals surface area contributed by atoms with Gasteiger partial charge in [0.1, 0.15) is 11.5 Å². The van der Waals surface area contributed by atoms with E-state index >= 15 is 0 Å². The molecule has 0 amide bonds. The van der Waals surface area contributed by atoms with Crippen molar-refractivity contribution in [2.75, 3.05) is 14.2 Å². The van der Waals surface area contributed by atoms with Crippen molar-refractivity contribution in [3.8, 4) is 11.5 Å². The molecule has 0 aliphatic carbocycles. The number of rotatable bonds is 2. The van der Waals surface area contributed by atoms with Gasteiger partial charge in [0.05, 0.1) is 35.5 Å². The fraction of sp³-hybridized carbons (Fsp3) is 0.400. The fourth-order valence-corrected chi connectivity index (χ4v) is 3.79. The topological polar surface area (TPSA) is 44.8 Å². The highest BCUT2D eigenvalue weighted by atomic mass is 79.9. The average molecular weight is 386 g/mol. The van der Waals surface area contributed by atoms with Crippen LogP contribution in [0.3, 0.4) is 0 Å². The zero-order chi connectivity index (χ0) is 12.6. The summed E-state index contributed by atoms with van der Waals surface area (Å²) in [6.45, 7) is 0.257. The van der Waals surface area contributed by atoms with E-state index in [0.717, 1.165) is 20.1 Å². The molecule has 0 aromatic heterocycles. The molecule has 1 unspecified atom stereocenters. The van der Waals surface area contributed by atoms with E-state index in [1.54, 1.807) is 14.2 Å². The number of hydrogen-bond donors (Lipinski definition) is 0. The predicted octanol–water partition coefficient (Wildman–Crippen LogP) is 2.92. The molecule has 1 atom stereocenters. The molecule has 1 aromatic rings. The summed E-state index contributed by atoms with van der Waals surface area (Å²) < 4.78 is 28.8. The van der Waals surface area contributed by atoms with Crippen LogP contribution in [-0.4, -0.2) is 18.4 Å². The lowest BCUT2D eigenvalue weighted by Gasteiger charge is -2.23. The summed E-state index contributed by atoms with van der Waals surface area (Å²) in [5.74, 6) is 1.66. The molecule has 0 saturated heterocycles. The van der Waals surface area contributed by atoms with Crippen LogP contribution in [0, 0.1) is 0 Å². The van der Waals surface area contributed by atoms with Gasteiger partial charge in [-0.15, -0.1) is 0 Å². The quantitative estimate of drug-likeness (QED) is 0.785. The maximum absolute atomic E-state index is 11.5. The summed E-state index contributed by atoms with van der Waals surface area (Å²) in [5, 5.41) is 0. The highest BCUT2D eigenvalue weighted by molar-refractivity contribution is 9.13. The summed E-state index contributed by atoms with van der Waals surface area (Å²) in [6.07, 6.45) is 0. The molecule has 1 aromatic carbocycles. The zero-order valence-corrected chi connectivity index (χ0v) is 13.2. The minimum atomic E-state index is -1.31. The number of methoxy groups -OCH3 is 2. The lowest BCUT2D eigenvalue weighted by molar-refractivity contribution is 0.309. The number of ether oxygens (including phenoxy) is 2. The van der Waals surface area contributed by atoms with E-state index < -0.39 is 11.1 Å². The van der Waals surface area contributed by atoms with Gasteiger partial charge in [0.25, 0.3) is 0 Å². The molecule has 0 bridgehead atoms. The van der Waals surface area contributed by atoms with Crippen LogP contribution in [0.15, 0.2) is 8.95 Å². The van der Waals surface area contributed by atoms with Crippen molar-refractivity contribution in [1.82, 2.24) is 0 Å². The SMILES string of the molecule is COc1c(Br)c(Br)c(OC)c2c1COS(=O)C2. The maximum atomic E-state index is 11.5. The van der Waals surface area contributed by atoms with Crippen LogP contribution in [-0.2, 0) is 27.6 Å². The Kier molecular flexibility index (Phi) is 4.12. The molecule has 94 valence electrons. The minimum absolute atomic E-state index is 0.257. The van der Waals surface area contributed by atoms with Gasteiger partial charge in [0.2, 0.25) is 0 Å². The molecule has 17 heavy (non-hydrogen) atoms. The normalized spacial score (nSPS) is 18.7. The van der Waals surface area contributed by atoms with Gasteiger partial charge >= 0.3 is 0 Å². The molecule has 1 aliphatic rings. The van der Waals surface area contributed by atoms with E-state index in [4.69, 9.17) is 13.7 Å². The van der Waals surface area contributed by atoms with E-state index in [-0.39, 0.29) is 6.61 Å². The smallest absolute Gasteiger partial charge is 0.160 e. The molecule has 0 spiro atoms. The van der Waals surface area contributed by atoms with Gasteiger partial charge in [-0.05, 0) is 31.9 Å². The summed E-state index contributed by atoms with van der Waals surface area (Å²) in [4.78, 5) is 0. The number of halogens is 2. The van der Waals surface area contributed by atoms with E-state index in [1.807, 2.05) is 0 Å². The Bertz CT molecular complexity index is 490. The lowest BCUT2D eigenvalue weighted by Crippen LogP contribution is -2.14. The third kappa shape index (κ3) is 2.25. The van der Waals surface area contributed by atoms with Gasteiger partial charge in [-0.1, -0.05) is 0 Å². The predicted molar refractivity (Wildman–Crippen MR) is 71.6 cm³/mol. The molecule has 4 nitrogen and oxygen atoms in total.